The van der Waals surface area contributed by atoms with E-state index >= 15 is 0 Å². The lowest BCUT2D eigenvalue weighted by molar-refractivity contribution is 0.597. The van der Waals surface area contributed by atoms with E-state index in [-0.39, 0.29) is 0 Å². The summed E-state index contributed by atoms with van der Waals surface area (Å²) in [5.41, 5.74) is 1.33. The van der Waals surface area contributed by atoms with Crippen molar-refractivity contribution in [3.05, 3.63) is 48.5 Å². The summed E-state index contributed by atoms with van der Waals surface area (Å²) < 4.78 is 1.99. The molecule has 2 rings (SSSR count). The quantitative estimate of drug-likeness (QED) is 0.440. The summed E-state index contributed by atoms with van der Waals surface area (Å²) in [5.74, 6) is 0.861. The Kier molecular flexibility index (Phi) is 6.95. The number of aryl methyl sites for hydroxylation is 1. The maximum Gasteiger partial charge on any atom is 0.190 e. The Labute approximate surface area is 131 Å². The van der Waals surface area contributed by atoms with Crippen LogP contribution in [0.3, 0.4) is 0 Å². The number of rotatable bonds is 8. The second-order valence-electron chi connectivity index (χ2n) is 5.07. The summed E-state index contributed by atoms with van der Waals surface area (Å²) in [6.07, 6.45) is 6.66. The normalized spacial score (nSPS) is 11.4. The van der Waals surface area contributed by atoms with Crippen LogP contribution < -0.4 is 10.6 Å². The summed E-state index contributed by atoms with van der Waals surface area (Å²) in [5, 5.41) is 14.2. The van der Waals surface area contributed by atoms with E-state index < -0.39 is 0 Å². The predicted molar refractivity (Wildman–Crippen MR) is 88.8 cm³/mol. The van der Waals surface area contributed by atoms with Gasteiger partial charge in [0.05, 0.1) is 0 Å². The molecule has 0 aliphatic carbocycles. The van der Waals surface area contributed by atoms with Gasteiger partial charge in [0.1, 0.15) is 12.7 Å². The van der Waals surface area contributed by atoms with Gasteiger partial charge in [-0.05, 0) is 24.8 Å². The van der Waals surface area contributed by atoms with E-state index in [1.165, 1.54) is 5.56 Å². The fourth-order valence-electron chi connectivity index (χ4n) is 2.15. The van der Waals surface area contributed by atoms with Crippen LogP contribution in [0.15, 0.2) is 48.0 Å². The van der Waals surface area contributed by atoms with Crippen molar-refractivity contribution >= 4 is 5.96 Å². The molecule has 6 heteroatoms. The third kappa shape index (κ3) is 5.95. The molecule has 1 aromatic carbocycles. The fraction of sp³-hybridized carbons (Fsp3) is 0.438. The molecular formula is C16H24N6. The minimum Gasteiger partial charge on any atom is -0.356 e. The van der Waals surface area contributed by atoms with Gasteiger partial charge in [-0.2, -0.15) is 0 Å². The van der Waals surface area contributed by atoms with Crippen LogP contribution in [0.4, 0.5) is 0 Å². The highest BCUT2D eigenvalue weighted by Crippen LogP contribution is 1.98. The monoisotopic (exact) mass is 300 g/mol. The molecule has 2 N–H and O–H groups in total. The third-order valence-electron chi connectivity index (χ3n) is 3.37. The topological polar surface area (TPSA) is 67.1 Å². The largest absolute Gasteiger partial charge is 0.356 e. The first-order valence-electron chi connectivity index (χ1n) is 7.69. The van der Waals surface area contributed by atoms with Gasteiger partial charge in [-0.1, -0.05) is 30.3 Å². The van der Waals surface area contributed by atoms with E-state index in [1.807, 2.05) is 10.6 Å². The van der Waals surface area contributed by atoms with Crippen molar-refractivity contribution in [3.63, 3.8) is 0 Å². The Balaban J connectivity index is 1.55. The van der Waals surface area contributed by atoms with Gasteiger partial charge < -0.3 is 15.2 Å². The highest BCUT2D eigenvalue weighted by Gasteiger charge is 1.98. The van der Waals surface area contributed by atoms with Gasteiger partial charge in [0.25, 0.3) is 0 Å². The summed E-state index contributed by atoms with van der Waals surface area (Å²) in [6, 6.07) is 10.5. The van der Waals surface area contributed by atoms with Gasteiger partial charge in [0.15, 0.2) is 5.96 Å². The summed E-state index contributed by atoms with van der Waals surface area (Å²) in [6.45, 7) is 2.74. The molecule has 0 saturated heterocycles. The van der Waals surface area contributed by atoms with Crippen molar-refractivity contribution in [3.8, 4) is 0 Å². The Morgan fingerprint density at radius 2 is 1.77 bits per heavy atom. The smallest absolute Gasteiger partial charge is 0.190 e. The lowest BCUT2D eigenvalue weighted by Gasteiger charge is -2.11. The first-order chi connectivity index (χ1) is 10.9. The number of benzene rings is 1. The number of nitrogens with one attached hydrogen (secondary N) is 2. The molecule has 1 heterocycles. The van der Waals surface area contributed by atoms with E-state index in [0.717, 1.165) is 44.9 Å². The number of nitrogens with zero attached hydrogens (tertiary/aromatic N) is 4. The number of aromatic nitrogens is 3. The zero-order chi connectivity index (χ0) is 15.5. The molecule has 0 bridgehead atoms. The number of unbranched alkanes of at least 4 members (excludes halogenated alkanes) is 1. The molecule has 0 saturated carbocycles. The summed E-state index contributed by atoms with van der Waals surface area (Å²) in [4.78, 5) is 4.24. The molecular weight excluding hydrogens is 276 g/mol. The lowest BCUT2D eigenvalue weighted by atomic mass is 10.1. The summed E-state index contributed by atoms with van der Waals surface area (Å²) >= 11 is 0. The Hall–Kier alpha value is -2.37. The summed E-state index contributed by atoms with van der Waals surface area (Å²) in [7, 11) is 1.80. The van der Waals surface area contributed by atoms with Crippen LogP contribution in [0.25, 0.3) is 0 Å². The standard InChI is InChI=1S/C16H24N6/c1-17-16(19-11-9-15-7-3-2-4-8-15)18-10-5-6-12-22-13-20-21-14-22/h2-4,7-8,13-14H,5-6,9-12H2,1H3,(H2,17,18,19). The van der Waals surface area contributed by atoms with E-state index in [9.17, 15) is 0 Å². The molecule has 0 fully saturated rings. The molecule has 0 spiro atoms. The zero-order valence-electron chi connectivity index (χ0n) is 13.1. The van der Waals surface area contributed by atoms with E-state index in [2.05, 4.69) is 50.1 Å². The van der Waals surface area contributed by atoms with Gasteiger partial charge in [-0.3, -0.25) is 4.99 Å². The van der Waals surface area contributed by atoms with Crippen LogP contribution in [-0.2, 0) is 13.0 Å². The highest BCUT2D eigenvalue weighted by molar-refractivity contribution is 5.79. The zero-order valence-corrected chi connectivity index (χ0v) is 13.1. The van der Waals surface area contributed by atoms with Crippen LogP contribution in [0.5, 0.6) is 0 Å². The molecule has 118 valence electrons. The van der Waals surface area contributed by atoms with Crippen molar-refractivity contribution < 1.29 is 0 Å². The van der Waals surface area contributed by atoms with Crippen LogP contribution in [0, 0.1) is 0 Å². The van der Waals surface area contributed by atoms with Crippen LogP contribution >= 0.6 is 0 Å². The molecule has 22 heavy (non-hydrogen) atoms. The number of hydrogen-bond donors (Lipinski definition) is 2. The Morgan fingerprint density at radius 1 is 1.05 bits per heavy atom. The average Bonchev–Trinajstić information content (AvgIpc) is 3.07. The number of aliphatic imine (C=N–C) groups is 1. The average molecular weight is 300 g/mol. The Morgan fingerprint density at radius 3 is 2.50 bits per heavy atom. The van der Waals surface area contributed by atoms with Crippen molar-refractivity contribution in [2.45, 2.75) is 25.8 Å². The van der Waals surface area contributed by atoms with Crippen molar-refractivity contribution in [1.29, 1.82) is 0 Å². The molecule has 0 aliphatic rings. The van der Waals surface area contributed by atoms with E-state index in [0.29, 0.717) is 0 Å². The van der Waals surface area contributed by atoms with E-state index in [1.54, 1.807) is 19.7 Å². The first kappa shape index (κ1) is 16.0. The molecule has 1 aromatic heterocycles. The third-order valence-corrected chi connectivity index (χ3v) is 3.37. The van der Waals surface area contributed by atoms with Gasteiger partial charge in [-0.15, -0.1) is 10.2 Å². The van der Waals surface area contributed by atoms with Gasteiger partial charge in [0.2, 0.25) is 0 Å². The molecule has 6 nitrogen and oxygen atoms in total. The second kappa shape index (κ2) is 9.55. The highest BCUT2D eigenvalue weighted by atomic mass is 15.2. The maximum atomic E-state index is 4.24. The van der Waals surface area contributed by atoms with Crippen molar-refractivity contribution in [2.24, 2.45) is 4.99 Å². The van der Waals surface area contributed by atoms with Gasteiger partial charge >= 0.3 is 0 Å². The minimum atomic E-state index is 0.861. The van der Waals surface area contributed by atoms with E-state index in [4.69, 9.17) is 0 Å². The SMILES string of the molecule is CN=C(NCCCCn1cnnc1)NCCc1ccccc1. The van der Waals surface area contributed by atoms with Crippen LogP contribution in [0.2, 0.25) is 0 Å². The van der Waals surface area contributed by atoms with Crippen LogP contribution in [-0.4, -0.2) is 40.9 Å². The molecule has 2 aromatic rings. The number of hydrogen-bond acceptors (Lipinski definition) is 3. The molecule has 0 aliphatic heterocycles. The Bertz CT molecular complexity index is 535. The maximum absolute atomic E-state index is 4.24. The molecule has 0 amide bonds. The first-order valence-corrected chi connectivity index (χ1v) is 7.69. The predicted octanol–water partition coefficient (Wildman–Crippen LogP) is 1.47. The molecule has 0 radical (unpaired) electrons. The lowest BCUT2D eigenvalue weighted by Crippen LogP contribution is -2.38. The number of guanidine groups is 1. The van der Waals surface area contributed by atoms with Crippen LogP contribution in [0.1, 0.15) is 18.4 Å². The van der Waals surface area contributed by atoms with Gasteiger partial charge in [0, 0.05) is 26.7 Å². The second-order valence-corrected chi connectivity index (χ2v) is 5.07. The molecule has 0 unspecified atom stereocenters. The van der Waals surface area contributed by atoms with Crippen molar-refractivity contribution in [1.82, 2.24) is 25.4 Å². The molecule has 0 atom stereocenters. The minimum absolute atomic E-state index is 0.861. The van der Waals surface area contributed by atoms with Gasteiger partial charge in [-0.25, -0.2) is 0 Å². The van der Waals surface area contributed by atoms with Crippen molar-refractivity contribution in [2.75, 3.05) is 20.1 Å². The fourth-order valence-corrected chi connectivity index (χ4v) is 2.15.